The van der Waals surface area contributed by atoms with Crippen LogP contribution in [0.5, 0.6) is 0 Å². The maximum Gasteiger partial charge on any atom is 0.255 e. The highest BCUT2D eigenvalue weighted by molar-refractivity contribution is 6.34. The molecule has 0 aliphatic heterocycles. The number of aliphatic hydroxyl groups is 1. The maximum absolute atomic E-state index is 13.2. The van der Waals surface area contributed by atoms with Crippen molar-refractivity contribution in [3.8, 4) is 0 Å². The van der Waals surface area contributed by atoms with Gasteiger partial charge < -0.3 is 10.0 Å². The molecule has 0 heterocycles. The zero-order chi connectivity index (χ0) is 12.8. The summed E-state index contributed by atoms with van der Waals surface area (Å²) in [5.41, 5.74) is 0.133. The van der Waals surface area contributed by atoms with Crippen molar-refractivity contribution in [1.82, 2.24) is 4.90 Å². The highest BCUT2D eigenvalue weighted by Crippen LogP contribution is 2.21. The minimum absolute atomic E-state index is 0.126. The lowest BCUT2D eigenvalue weighted by Gasteiger charge is -2.21. The molecule has 1 aromatic rings. The summed E-state index contributed by atoms with van der Waals surface area (Å²) in [6.07, 6.45) is 0.763. The molecule has 1 amide bonds. The molecule has 94 valence electrons. The number of halogens is 2. The fraction of sp³-hybridized carbons (Fsp3) is 0.417. The standard InChI is InChI=1S/C12H15ClFNO2/c1-2-6-15(7-8-16)12(17)9-4-3-5-10(14)11(9)13/h3-5,16H,2,6-8H2,1H3. The molecule has 5 heteroatoms. The summed E-state index contributed by atoms with van der Waals surface area (Å²) in [4.78, 5) is 13.5. The molecule has 0 bridgehead atoms. The SMILES string of the molecule is CCCN(CCO)C(=O)c1cccc(F)c1Cl. The van der Waals surface area contributed by atoms with Crippen LogP contribution in [0.3, 0.4) is 0 Å². The normalized spacial score (nSPS) is 10.4. The minimum Gasteiger partial charge on any atom is -0.395 e. The van der Waals surface area contributed by atoms with Crippen LogP contribution in [-0.4, -0.2) is 35.6 Å². The van der Waals surface area contributed by atoms with E-state index in [-0.39, 0.29) is 29.6 Å². The molecule has 0 fully saturated rings. The highest BCUT2D eigenvalue weighted by atomic mass is 35.5. The number of amides is 1. The second kappa shape index (κ2) is 6.57. The predicted molar refractivity (Wildman–Crippen MR) is 64.7 cm³/mol. The third-order valence-corrected chi connectivity index (χ3v) is 2.72. The summed E-state index contributed by atoms with van der Waals surface area (Å²) < 4.78 is 13.2. The van der Waals surface area contributed by atoms with Gasteiger partial charge in [0.2, 0.25) is 0 Å². The van der Waals surface area contributed by atoms with Gasteiger partial charge in [0.1, 0.15) is 5.82 Å². The van der Waals surface area contributed by atoms with Gasteiger partial charge in [-0.05, 0) is 18.6 Å². The van der Waals surface area contributed by atoms with Crippen LogP contribution in [0.15, 0.2) is 18.2 Å². The minimum atomic E-state index is -0.613. The Morgan fingerprint density at radius 2 is 2.18 bits per heavy atom. The van der Waals surface area contributed by atoms with Crippen molar-refractivity contribution in [2.24, 2.45) is 0 Å². The lowest BCUT2D eigenvalue weighted by molar-refractivity contribution is 0.0721. The van der Waals surface area contributed by atoms with Crippen molar-refractivity contribution in [3.63, 3.8) is 0 Å². The van der Waals surface area contributed by atoms with E-state index in [4.69, 9.17) is 16.7 Å². The zero-order valence-corrected chi connectivity index (χ0v) is 10.4. The van der Waals surface area contributed by atoms with E-state index >= 15 is 0 Å². The summed E-state index contributed by atoms with van der Waals surface area (Å²) in [6, 6.07) is 4.13. The molecule has 0 saturated heterocycles. The van der Waals surface area contributed by atoms with Crippen LogP contribution in [0, 0.1) is 5.82 Å². The third kappa shape index (κ3) is 3.41. The van der Waals surface area contributed by atoms with Crippen LogP contribution in [0.2, 0.25) is 5.02 Å². The average Bonchev–Trinajstić information content (AvgIpc) is 2.31. The zero-order valence-electron chi connectivity index (χ0n) is 9.62. The molecule has 1 N–H and O–H groups in total. The number of rotatable bonds is 5. The molecule has 1 rings (SSSR count). The van der Waals surface area contributed by atoms with Gasteiger partial charge in [0.05, 0.1) is 17.2 Å². The van der Waals surface area contributed by atoms with Gasteiger partial charge in [-0.15, -0.1) is 0 Å². The van der Waals surface area contributed by atoms with Crippen LogP contribution in [0.25, 0.3) is 0 Å². The Kier molecular flexibility index (Phi) is 5.38. The van der Waals surface area contributed by atoms with Crippen LogP contribution < -0.4 is 0 Å². The van der Waals surface area contributed by atoms with E-state index < -0.39 is 5.82 Å². The first-order valence-corrected chi connectivity index (χ1v) is 5.83. The number of carbonyl (C=O) groups excluding carboxylic acids is 1. The second-order valence-corrected chi connectivity index (χ2v) is 4.00. The van der Waals surface area contributed by atoms with E-state index in [2.05, 4.69) is 0 Å². The number of aliphatic hydroxyl groups excluding tert-OH is 1. The van der Waals surface area contributed by atoms with Crippen molar-refractivity contribution in [1.29, 1.82) is 0 Å². The topological polar surface area (TPSA) is 40.5 Å². The van der Waals surface area contributed by atoms with Gasteiger partial charge in [-0.3, -0.25) is 4.79 Å². The molecule has 0 atom stereocenters. The van der Waals surface area contributed by atoms with Crippen molar-refractivity contribution in [3.05, 3.63) is 34.6 Å². The van der Waals surface area contributed by atoms with E-state index in [1.54, 1.807) is 0 Å². The van der Waals surface area contributed by atoms with Gasteiger partial charge in [0.15, 0.2) is 0 Å². The number of carbonyl (C=O) groups is 1. The predicted octanol–water partition coefficient (Wildman–Crippen LogP) is 2.32. The van der Waals surface area contributed by atoms with Gasteiger partial charge in [0.25, 0.3) is 5.91 Å². The monoisotopic (exact) mass is 259 g/mol. The van der Waals surface area contributed by atoms with Gasteiger partial charge >= 0.3 is 0 Å². The summed E-state index contributed by atoms with van der Waals surface area (Å²) >= 11 is 5.75. The Bertz CT molecular complexity index is 392. The van der Waals surface area contributed by atoms with Gasteiger partial charge in [-0.25, -0.2) is 4.39 Å². The quantitative estimate of drug-likeness (QED) is 0.882. The van der Waals surface area contributed by atoms with E-state index in [9.17, 15) is 9.18 Å². The Morgan fingerprint density at radius 1 is 1.47 bits per heavy atom. The third-order valence-electron chi connectivity index (χ3n) is 2.33. The lowest BCUT2D eigenvalue weighted by atomic mass is 10.2. The summed E-state index contributed by atoms with van der Waals surface area (Å²) in [6.45, 7) is 2.52. The van der Waals surface area contributed by atoms with Crippen LogP contribution in [-0.2, 0) is 0 Å². The molecule has 3 nitrogen and oxygen atoms in total. The summed E-state index contributed by atoms with van der Waals surface area (Å²) in [7, 11) is 0. The Morgan fingerprint density at radius 3 is 2.76 bits per heavy atom. The molecule has 0 radical (unpaired) electrons. The van der Waals surface area contributed by atoms with Crippen molar-refractivity contribution in [2.75, 3.05) is 19.7 Å². The average molecular weight is 260 g/mol. The molecule has 0 unspecified atom stereocenters. The fourth-order valence-corrected chi connectivity index (χ4v) is 1.75. The molecule has 17 heavy (non-hydrogen) atoms. The fourth-order valence-electron chi connectivity index (χ4n) is 1.54. The van der Waals surface area contributed by atoms with Gasteiger partial charge in [-0.2, -0.15) is 0 Å². The van der Waals surface area contributed by atoms with Gasteiger partial charge in [-0.1, -0.05) is 24.6 Å². The van der Waals surface area contributed by atoms with Crippen LogP contribution >= 0.6 is 11.6 Å². The second-order valence-electron chi connectivity index (χ2n) is 3.62. The lowest BCUT2D eigenvalue weighted by Crippen LogP contribution is -2.34. The van der Waals surface area contributed by atoms with Crippen LogP contribution in [0.1, 0.15) is 23.7 Å². The van der Waals surface area contributed by atoms with Crippen molar-refractivity contribution in [2.45, 2.75) is 13.3 Å². The Hall–Kier alpha value is -1.13. The molecular formula is C12H15ClFNO2. The Balaban J connectivity index is 2.96. The molecular weight excluding hydrogens is 245 g/mol. The number of benzene rings is 1. The summed E-state index contributed by atoms with van der Waals surface area (Å²) in [5, 5.41) is 8.71. The molecule has 0 aromatic heterocycles. The van der Waals surface area contributed by atoms with E-state index in [1.165, 1.54) is 23.1 Å². The first-order chi connectivity index (χ1) is 8.11. The van der Waals surface area contributed by atoms with Crippen molar-refractivity contribution >= 4 is 17.5 Å². The largest absolute Gasteiger partial charge is 0.395 e. The number of hydrogen-bond donors (Lipinski definition) is 1. The first kappa shape index (κ1) is 13.9. The molecule has 0 saturated carbocycles. The number of hydrogen-bond acceptors (Lipinski definition) is 2. The summed E-state index contributed by atoms with van der Waals surface area (Å²) in [5.74, 6) is -0.969. The molecule has 0 spiro atoms. The first-order valence-electron chi connectivity index (χ1n) is 5.46. The van der Waals surface area contributed by atoms with Crippen molar-refractivity contribution < 1.29 is 14.3 Å². The smallest absolute Gasteiger partial charge is 0.255 e. The van der Waals surface area contributed by atoms with E-state index in [0.717, 1.165) is 6.42 Å². The van der Waals surface area contributed by atoms with E-state index in [0.29, 0.717) is 6.54 Å². The Labute approximate surface area is 105 Å². The van der Waals surface area contributed by atoms with E-state index in [1.807, 2.05) is 6.92 Å². The highest BCUT2D eigenvalue weighted by Gasteiger charge is 2.18. The molecule has 0 aliphatic rings. The van der Waals surface area contributed by atoms with Gasteiger partial charge in [0, 0.05) is 13.1 Å². The molecule has 1 aromatic carbocycles. The van der Waals surface area contributed by atoms with Crippen LogP contribution in [0.4, 0.5) is 4.39 Å². The molecule has 0 aliphatic carbocycles. The maximum atomic E-state index is 13.2. The number of nitrogens with zero attached hydrogens (tertiary/aromatic N) is 1.